The number of ether oxygens (including phenoxy) is 1. The summed E-state index contributed by atoms with van der Waals surface area (Å²) < 4.78 is 5.04. The molecular weight excluding hydrogens is 340 g/mol. The van der Waals surface area contributed by atoms with E-state index in [-0.39, 0.29) is 24.6 Å². The normalized spacial score (nSPS) is 11.0. The summed E-state index contributed by atoms with van der Waals surface area (Å²) in [6, 6.07) is 13.6. The first-order chi connectivity index (χ1) is 12.9. The van der Waals surface area contributed by atoms with Crippen LogP contribution in [-0.2, 0) is 16.1 Å². The van der Waals surface area contributed by atoms with E-state index in [1.807, 2.05) is 63.2 Å². The van der Waals surface area contributed by atoms with Crippen molar-refractivity contribution in [2.24, 2.45) is 0 Å². The Balaban J connectivity index is 2.05. The van der Waals surface area contributed by atoms with Crippen LogP contribution in [0.4, 0.5) is 5.69 Å². The SMILES string of the molecule is COCC(=O)N(Cc1cc2cccc(C)c2[nH]c1=O)c1ccc(C)c(C)c1. The fourth-order valence-corrected chi connectivity index (χ4v) is 3.13. The van der Waals surface area contributed by atoms with Gasteiger partial charge in [0, 0.05) is 18.4 Å². The third kappa shape index (κ3) is 3.93. The highest BCUT2D eigenvalue weighted by molar-refractivity contribution is 5.94. The van der Waals surface area contributed by atoms with Crippen molar-refractivity contribution in [2.45, 2.75) is 27.3 Å². The van der Waals surface area contributed by atoms with Crippen LogP contribution >= 0.6 is 0 Å². The lowest BCUT2D eigenvalue weighted by Gasteiger charge is -2.23. The van der Waals surface area contributed by atoms with Crippen LogP contribution in [0.25, 0.3) is 10.9 Å². The number of hydrogen-bond donors (Lipinski definition) is 1. The van der Waals surface area contributed by atoms with Crippen LogP contribution in [0, 0.1) is 20.8 Å². The van der Waals surface area contributed by atoms with Gasteiger partial charge >= 0.3 is 0 Å². The highest BCUT2D eigenvalue weighted by Crippen LogP contribution is 2.22. The van der Waals surface area contributed by atoms with Gasteiger partial charge in [0.05, 0.1) is 12.1 Å². The summed E-state index contributed by atoms with van der Waals surface area (Å²) in [5.41, 5.74) is 5.18. The standard InChI is InChI=1S/C22H24N2O3/c1-14-8-9-19(10-16(14)3)24(20(25)13-27-4)12-18-11-17-7-5-6-15(2)21(17)23-22(18)26/h5-11H,12-13H2,1-4H3,(H,23,26). The third-order valence-electron chi connectivity index (χ3n) is 4.86. The molecule has 140 valence electrons. The van der Waals surface area contributed by atoms with Gasteiger partial charge in [-0.3, -0.25) is 9.59 Å². The molecule has 0 bridgehead atoms. The summed E-state index contributed by atoms with van der Waals surface area (Å²) in [5, 5.41) is 0.948. The van der Waals surface area contributed by atoms with E-state index in [9.17, 15) is 9.59 Å². The van der Waals surface area contributed by atoms with Gasteiger partial charge in [0.2, 0.25) is 0 Å². The van der Waals surface area contributed by atoms with E-state index in [1.165, 1.54) is 7.11 Å². The van der Waals surface area contributed by atoms with Crippen molar-refractivity contribution in [1.82, 2.24) is 4.98 Å². The number of aryl methyl sites for hydroxylation is 3. The maximum Gasteiger partial charge on any atom is 0.253 e. The Hall–Kier alpha value is -2.92. The number of methoxy groups -OCH3 is 1. The molecule has 0 aliphatic heterocycles. The molecule has 0 radical (unpaired) electrons. The molecule has 0 unspecified atom stereocenters. The summed E-state index contributed by atoms with van der Waals surface area (Å²) in [4.78, 5) is 29.8. The Labute approximate surface area is 158 Å². The van der Waals surface area contributed by atoms with Crippen LogP contribution in [0.1, 0.15) is 22.3 Å². The predicted molar refractivity (Wildman–Crippen MR) is 108 cm³/mol. The molecule has 0 aliphatic rings. The molecule has 27 heavy (non-hydrogen) atoms. The van der Waals surface area contributed by atoms with E-state index in [2.05, 4.69) is 4.98 Å². The van der Waals surface area contributed by atoms with Crippen LogP contribution in [0.2, 0.25) is 0 Å². The molecular formula is C22H24N2O3. The van der Waals surface area contributed by atoms with Crippen molar-refractivity contribution in [3.05, 3.63) is 75.1 Å². The first-order valence-corrected chi connectivity index (χ1v) is 8.89. The zero-order valence-corrected chi connectivity index (χ0v) is 16.1. The van der Waals surface area contributed by atoms with Crippen molar-refractivity contribution in [3.63, 3.8) is 0 Å². The van der Waals surface area contributed by atoms with E-state index in [1.54, 1.807) is 4.90 Å². The average Bonchev–Trinajstić information content (AvgIpc) is 2.63. The van der Waals surface area contributed by atoms with E-state index >= 15 is 0 Å². The Bertz CT molecular complexity index is 1050. The maximum atomic E-state index is 12.7. The van der Waals surface area contributed by atoms with Gasteiger partial charge in [0.1, 0.15) is 6.61 Å². The number of nitrogens with zero attached hydrogens (tertiary/aromatic N) is 1. The van der Waals surface area contributed by atoms with Gasteiger partial charge in [0.25, 0.3) is 11.5 Å². The Morgan fingerprint density at radius 2 is 1.81 bits per heavy atom. The van der Waals surface area contributed by atoms with Crippen LogP contribution in [-0.4, -0.2) is 24.6 Å². The number of carbonyl (C=O) groups is 1. The van der Waals surface area contributed by atoms with Gasteiger partial charge in [-0.25, -0.2) is 0 Å². The van der Waals surface area contributed by atoms with Crippen LogP contribution < -0.4 is 10.5 Å². The highest BCUT2D eigenvalue weighted by Gasteiger charge is 2.18. The molecule has 2 aromatic carbocycles. The number of para-hydroxylation sites is 1. The zero-order valence-electron chi connectivity index (χ0n) is 16.1. The number of H-pyrrole nitrogens is 1. The lowest BCUT2D eigenvalue weighted by Crippen LogP contribution is -2.35. The molecule has 0 fully saturated rings. The van der Waals surface area contributed by atoms with E-state index in [0.717, 1.165) is 33.3 Å². The number of fused-ring (bicyclic) bond motifs is 1. The number of aromatic amines is 1. The average molecular weight is 364 g/mol. The number of pyridine rings is 1. The van der Waals surface area contributed by atoms with Gasteiger partial charge in [-0.2, -0.15) is 0 Å². The number of hydrogen-bond acceptors (Lipinski definition) is 3. The molecule has 0 aliphatic carbocycles. The van der Waals surface area contributed by atoms with Crippen molar-refractivity contribution < 1.29 is 9.53 Å². The number of rotatable bonds is 5. The summed E-state index contributed by atoms with van der Waals surface area (Å²) in [5.74, 6) is -0.190. The number of benzene rings is 2. The molecule has 1 aromatic heterocycles. The monoisotopic (exact) mass is 364 g/mol. The number of nitrogens with one attached hydrogen (secondary N) is 1. The smallest absolute Gasteiger partial charge is 0.253 e. The second-order valence-electron chi connectivity index (χ2n) is 6.84. The largest absolute Gasteiger partial charge is 0.375 e. The lowest BCUT2D eigenvalue weighted by molar-refractivity contribution is -0.122. The van der Waals surface area contributed by atoms with Gasteiger partial charge in [0.15, 0.2) is 0 Å². The zero-order chi connectivity index (χ0) is 19.6. The Kier molecular flexibility index (Phi) is 5.42. The molecule has 0 spiro atoms. The first kappa shape index (κ1) is 18.9. The predicted octanol–water partition coefficient (Wildman–Crippen LogP) is 3.63. The molecule has 1 amide bonds. The Morgan fingerprint density at radius 1 is 1.04 bits per heavy atom. The fraction of sp³-hybridized carbons (Fsp3) is 0.273. The quantitative estimate of drug-likeness (QED) is 0.752. The summed E-state index contributed by atoms with van der Waals surface area (Å²) in [6.45, 7) is 6.13. The van der Waals surface area contributed by atoms with E-state index < -0.39 is 0 Å². The van der Waals surface area contributed by atoms with Crippen molar-refractivity contribution in [3.8, 4) is 0 Å². The van der Waals surface area contributed by atoms with Gasteiger partial charge in [-0.05, 0) is 61.0 Å². The van der Waals surface area contributed by atoms with Gasteiger partial charge < -0.3 is 14.6 Å². The van der Waals surface area contributed by atoms with Gasteiger partial charge in [-0.1, -0.05) is 24.3 Å². The molecule has 0 saturated heterocycles. The summed E-state index contributed by atoms with van der Waals surface area (Å²) >= 11 is 0. The number of aromatic nitrogens is 1. The molecule has 1 N–H and O–H groups in total. The molecule has 5 nitrogen and oxygen atoms in total. The maximum absolute atomic E-state index is 12.7. The molecule has 5 heteroatoms. The molecule has 0 atom stereocenters. The number of anilines is 1. The van der Waals surface area contributed by atoms with E-state index in [4.69, 9.17) is 4.74 Å². The number of carbonyl (C=O) groups excluding carboxylic acids is 1. The van der Waals surface area contributed by atoms with Crippen LogP contribution in [0.3, 0.4) is 0 Å². The third-order valence-corrected chi connectivity index (χ3v) is 4.86. The molecule has 0 saturated carbocycles. The minimum absolute atomic E-state index is 0.0441. The molecule has 3 rings (SSSR count). The van der Waals surface area contributed by atoms with Crippen molar-refractivity contribution in [1.29, 1.82) is 0 Å². The topological polar surface area (TPSA) is 62.4 Å². The highest BCUT2D eigenvalue weighted by atomic mass is 16.5. The Morgan fingerprint density at radius 3 is 2.52 bits per heavy atom. The summed E-state index contributed by atoms with van der Waals surface area (Å²) in [7, 11) is 1.49. The molecule has 1 heterocycles. The minimum atomic E-state index is -0.190. The van der Waals surface area contributed by atoms with Crippen LogP contribution in [0.5, 0.6) is 0 Å². The second kappa shape index (κ2) is 7.76. The van der Waals surface area contributed by atoms with Gasteiger partial charge in [-0.15, -0.1) is 0 Å². The fourth-order valence-electron chi connectivity index (χ4n) is 3.13. The molecule has 3 aromatic rings. The van der Waals surface area contributed by atoms with Crippen molar-refractivity contribution in [2.75, 3.05) is 18.6 Å². The number of amides is 1. The van der Waals surface area contributed by atoms with E-state index in [0.29, 0.717) is 5.56 Å². The second-order valence-corrected chi connectivity index (χ2v) is 6.84. The summed E-state index contributed by atoms with van der Waals surface area (Å²) in [6.07, 6.45) is 0. The van der Waals surface area contributed by atoms with Crippen molar-refractivity contribution >= 4 is 22.5 Å². The first-order valence-electron chi connectivity index (χ1n) is 8.89. The van der Waals surface area contributed by atoms with Crippen LogP contribution in [0.15, 0.2) is 47.3 Å². The lowest BCUT2D eigenvalue weighted by atomic mass is 10.1. The minimum Gasteiger partial charge on any atom is -0.375 e.